The van der Waals surface area contributed by atoms with E-state index in [0.717, 1.165) is 30.9 Å². The lowest BCUT2D eigenvalue weighted by atomic mass is 10.1. The molecule has 0 saturated heterocycles. The van der Waals surface area contributed by atoms with E-state index in [-0.39, 0.29) is 6.10 Å². The second kappa shape index (κ2) is 7.98. The Labute approximate surface area is 110 Å². The van der Waals surface area contributed by atoms with Crippen LogP contribution in [0.2, 0.25) is 0 Å². The van der Waals surface area contributed by atoms with Crippen molar-refractivity contribution in [1.82, 2.24) is 5.32 Å². The molecule has 0 aromatic heterocycles. The Hall–Kier alpha value is -1.22. The van der Waals surface area contributed by atoms with Gasteiger partial charge in [-0.3, -0.25) is 0 Å². The van der Waals surface area contributed by atoms with Crippen molar-refractivity contribution in [2.75, 3.05) is 13.7 Å². The van der Waals surface area contributed by atoms with Gasteiger partial charge in [0.1, 0.15) is 17.6 Å². The molecule has 0 amide bonds. The zero-order valence-electron chi connectivity index (χ0n) is 11.9. The van der Waals surface area contributed by atoms with Crippen molar-refractivity contribution in [3.05, 3.63) is 24.3 Å². The topological polar surface area (TPSA) is 30.5 Å². The third-order valence-corrected chi connectivity index (χ3v) is 3.08. The van der Waals surface area contributed by atoms with Crippen molar-refractivity contribution >= 4 is 0 Å². The van der Waals surface area contributed by atoms with Crippen molar-refractivity contribution in [3.8, 4) is 11.5 Å². The molecule has 1 rings (SSSR count). The predicted molar refractivity (Wildman–Crippen MR) is 75.5 cm³/mol. The summed E-state index contributed by atoms with van der Waals surface area (Å²) in [5.74, 6) is 1.74. The number of rotatable bonds is 8. The molecule has 0 saturated carbocycles. The fourth-order valence-electron chi connectivity index (χ4n) is 1.84. The normalized spacial score (nSPS) is 12.5. The molecule has 0 fully saturated rings. The van der Waals surface area contributed by atoms with Gasteiger partial charge in [0.2, 0.25) is 0 Å². The number of methoxy groups -OCH3 is 1. The van der Waals surface area contributed by atoms with Crippen molar-refractivity contribution in [3.63, 3.8) is 0 Å². The Kier molecular flexibility index (Phi) is 6.58. The van der Waals surface area contributed by atoms with Gasteiger partial charge in [-0.15, -0.1) is 0 Å². The van der Waals surface area contributed by atoms with Crippen LogP contribution in [0.4, 0.5) is 0 Å². The van der Waals surface area contributed by atoms with Crippen LogP contribution < -0.4 is 14.8 Å². The van der Waals surface area contributed by atoms with Crippen LogP contribution in [0.5, 0.6) is 11.5 Å². The second-order valence-electron chi connectivity index (χ2n) is 4.53. The SMILES string of the molecule is CCC(CC)NCC(C)Oc1ccc(OC)cc1. The van der Waals surface area contributed by atoms with Gasteiger partial charge in [-0.05, 0) is 44.0 Å². The molecule has 3 nitrogen and oxygen atoms in total. The zero-order chi connectivity index (χ0) is 13.4. The molecule has 3 heteroatoms. The minimum Gasteiger partial charge on any atom is -0.497 e. The Morgan fingerprint density at radius 3 is 2.11 bits per heavy atom. The largest absolute Gasteiger partial charge is 0.497 e. The molecule has 1 unspecified atom stereocenters. The number of ether oxygens (including phenoxy) is 2. The summed E-state index contributed by atoms with van der Waals surface area (Å²) >= 11 is 0. The highest BCUT2D eigenvalue weighted by Crippen LogP contribution is 2.18. The van der Waals surface area contributed by atoms with Crippen LogP contribution in [0.15, 0.2) is 24.3 Å². The molecule has 0 aliphatic heterocycles. The maximum absolute atomic E-state index is 5.84. The van der Waals surface area contributed by atoms with Gasteiger partial charge in [-0.25, -0.2) is 0 Å². The molecular formula is C15H25NO2. The highest BCUT2D eigenvalue weighted by molar-refractivity contribution is 5.31. The number of nitrogens with one attached hydrogen (secondary N) is 1. The van der Waals surface area contributed by atoms with Crippen LogP contribution in [0.1, 0.15) is 33.6 Å². The summed E-state index contributed by atoms with van der Waals surface area (Å²) in [6.07, 6.45) is 2.48. The average molecular weight is 251 g/mol. The smallest absolute Gasteiger partial charge is 0.120 e. The molecule has 0 aliphatic carbocycles. The maximum Gasteiger partial charge on any atom is 0.120 e. The minimum absolute atomic E-state index is 0.166. The predicted octanol–water partition coefficient (Wildman–Crippen LogP) is 3.24. The Bertz CT molecular complexity index is 320. The van der Waals surface area contributed by atoms with E-state index in [1.165, 1.54) is 0 Å². The second-order valence-corrected chi connectivity index (χ2v) is 4.53. The van der Waals surface area contributed by atoms with Crippen LogP contribution in [-0.2, 0) is 0 Å². The fourth-order valence-corrected chi connectivity index (χ4v) is 1.84. The van der Waals surface area contributed by atoms with Gasteiger partial charge in [-0.2, -0.15) is 0 Å². The van der Waals surface area contributed by atoms with E-state index in [1.807, 2.05) is 24.3 Å². The summed E-state index contributed by atoms with van der Waals surface area (Å²) in [6.45, 7) is 7.37. The molecule has 0 bridgehead atoms. The summed E-state index contributed by atoms with van der Waals surface area (Å²) in [5, 5.41) is 3.51. The van der Waals surface area contributed by atoms with Crippen LogP contribution in [0, 0.1) is 0 Å². The monoisotopic (exact) mass is 251 g/mol. The first-order valence-electron chi connectivity index (χ1n) is 6.73. The third-order valence-electron chi connectivity index (χ3n) is 3.08. The summed E-state index contributed by atoms with van der Waals surface area (Å²) < 4.78 is 10.9. The van der Waals surface area contributed by atoms with Crippen molar-refractivity contribution in [2.24, 2.45) is 0 Å². The molecule has 0 radical (unpaired) electrons. The van der Waals surface area contributed by atoms with Crippen molar-refractivity contribution in [1.29, 1.82) is 0 Å². The molecular weight excluding hydrogens is 226 g/mol. The summed E-state index contributed by atoms with van der Waals surface area (Å²) in [6, 6.07) is 8.29. The highest BCUT2D eigenvalue weighted by atomic mass is 16.5. The van der Waals surface area contributed by atoms with Crippen LogP contribution in [0.25, 0.3) is 0 Å². The summed E-state index contributed by atoms with van der Waals surface area (Å²) in [5.41, 5.74) is 0. The fraction of sp³-hybridized carbons (Fsp3) is 0.600. The van der Waals surface area contributed by atoms with Crippen molar-refractivity contribution < 1.29 is 9.47 Å². The van der Waals surface area contributed by atoms with E-state index in [0.29, 0.717) is 6.04 Å². The van der Waals surface area contributed by atoms with Gasteiger partial charge in [0.15, 0.2) is 0 Å². The van der Waals surface area contributed by atoms with Crippen molar-refractivity contribution in [2.45, 2.75) is 45.8 Å². The van der Waals surface area contributed by atoms with E-state index in [9.17, 15) is 0 Å². The first-order chi connectivity index (χ1) is 8.69. The van der Waals surface area contributed by atoms with Gasteiger partial charge < -0.3 is 14.8 Å². The van der Waals surface area contributed by atoms with E-state index in [1.54, 1.807) is 7.11 Å². The van der Waals surface area contributed by atoms with E-state index in [2.05, 4.69) is 26.1 Å². The summed E-state index contributed by atoms with van der Waals surface area (Å²) in [7, 11) is 1.66. The maximum atomic E-state index is 5.84. The van der Waals surface area contributed by atoms with Crippen LogP contribution in [-0.4, -0.2) is 25.8 Å². The average Bonchev–Trinajstić information content (AvgIpc) is 2.41. The molecule has 1 atom stereocenters. The molecule has 1 aromatic carbocycles. The zero-order valence-corrected chi connectivity index (χ0v) is 11.9. The van der Waals surface area contributed by atoms with Gasteiger partial charge in [0.05, 0.1) is 7.11 Å². The van der Waals surface area contributed by atoms with Gasteiger partial charge >= 0.3 is 0 Å². The number of hydrogen-bond donors (Lipinski definition) is 1. The lowest BCUT2D eigenvalue weighted by molar-refractivity contribution is 0.210. The first-order valence-corrected chi connectivity index (χ1v) is 6.73. The molecule has 102 valence electrons. The molecule has 1 N–H and O–H groups in total. The van der Waals surface area contributed by atoms with Gasteiger partial charge in [-0.1, -0.05) is 13.8 Å². The Morgan fingerprint density at radius 2 is 1.61 bits per heavy atom. The standard InChI is InChI=1S/C15H25NO2/c1-5-13(6-2)16-11-12(3)18-15-9-7-14(17-4)8-10-15/h7-10,12-13,16H,5-6,11H2,1-4H3. The first kappa shape index (κ1) is 14.8. The third kappa shape index (κ3) is 4.96. The van der Waals surface area contributed by atoms with E-state index >= 15 is 0 Å². The molecule has 0 aliphatic rings. The Morgan fingerprint density at radius 1 is 1.06 bits per heavy atom. The molecule has 0 spiro atoms. The van der Waals surface area contributed by atoms with Gasteiger partial charge in [0.25, 0.3) is 0 Å². The Balaban J connectivity index is 2.36. The van der Waals surface area contributed by atoms with Crippen LogP contribution >= 0.6 is 0 Å². The van der Waals surface area contributed by atoms with E-state index in [4.69, 9.17) is 9.47 Å². The molecule has 1 aromatic rings. The van der Waals surface area contributed by atoms with Gasteiger partial charge in [0, 0.05) is 12.6 Å². The lowest BCUT2D eigenvalue weighted by Crippen LogP contribution is -2.36. The molecule has 18 heavy (non-hydrogen) atoms. The quantitative estimate of drug-likeness (QED) is 0.769. The number of hydrogen-bond acceptors (Lipinski definition) is 3. The lowest BCUT2D eigenvalue weighted by Gasteiger charge is -2.20. The number of benzene rings is 1. The van der Waals surface area contributed by atoms with E-state index < -0.39 is 0 Å². The minimum atomic E-state index is 0.166. The highest BCUT2D eigenvalue weighted by Gasteiger charge is 2.07. The van der Waals surface area contributed by atoms with Crippen LogP contribution in [0.3, 0.4) is 0 Å². The molecule has 0 heterocycles. The summed E-state index contributed by atoms with van der Waals surface area (Å²) in [4.78, 5) is 0.